The summed E-state index contributed by atoms with van der Waals surface area (Å²) in [6.45, 7) is 1.05. The minimum absolute atomic E-state index is 0.0931. The summed E-state index contributed by atoms with van der Waals surface area (Å²) in [6.07, 6.45) is -0.617. The molecule has 1 aromatic carbocycles. The Morgan fingerprint density at radius 2 is 1.86 bits per heavy atom. The van der Waals surface area contributed by atoms with Gasteiger partial charge in [-0.15, -0.1) is 0 Å². The van der Waals surface area contributed by atoms with E-state index in [1.54, 1.807) is 4.72 Å². The number of nitrogens with one attached hydrogen (secondary N) is 1. The summed E-state index contributed by atoms with van der Waals surface area (Å²) in [5.74, 6) is -7.74. The second-order valence-corrected chi connectivity index (χ2v) is 6.69. The molecule has 2 rings (SSSR count). The van der Waals surface area contributed by atoms with Crippen LogP contribution in [0, 0.1) is 23.3 Å². The second-order valence-electron chi connectivity index (χ2n) is 4.99. The Balaban J connectivity index is 2.32. The number of benzene rings is 1. The molecule has 10 heteroatoms. The molecule has 1 heterocycles. The van der Waals surface area contributed by atoms with Crippen LogP contribution in [0.4, 0.5) is 17.6 Å². The fraction of sp³-hybridized carbons (Fsp3) is 0.500. The van der Waals surface area contributed by atoms with Crippen LogP contribution in [0.1, 0.15) is 13.3 Å². The molecule has 0 radical (unpaired) electrons. The molecule has 0 aromatic heterocycles. The molecule has 1 aliphatic heterocycles. The van der Waals surface area contributed by atoms with Gasteiger partial charge in [0.2, 0.25) is 10.0 Å². The molecule has 22 heavy (non-hydrogen) atoms. The standard InChI is InChI=1S/C12H13F4NO4S/c1-6-12(18,2-3-21-6)5-17-22(19,20)11-9(15)7(13)4-8(14)10(11)16/h4,6,17-18H,2-3,5H2,1H3/t6-,12+/m0/s1. The molecule has 0 amide bonds. The summed E-state index contributed by atoms with van der Waals surface area (Å²) >= 11 is 0. The number of sulfonamides is 1. The maximum Gasteiger partial charge on any atom is 0.246 e. The molecule has 1 saturated heterocycles. The van der Waals surface area contributed by atoms with Crippen LogP contribution in [0.3, 0.4) is 0 Å². The molecule has 2 atom stereocenters. The number of hydrogen-bond acceptors (Lipinski definition) is 4. The lowest BCUT2D eigenvalue weighted by Crippen LogP contribution is -2.47. The lowest BCUT2D eigenvalue weighted by molar-refractivity contribution is -0.0228. The van der Waals surface area contributed by atoms with Crippen molar-refractivity contribution in [3.8, 4) is 0 Å². The van der Waals surface area contributed by atoms with Gasteiger partial charge in [-0.05, 0) is 6.92 Å². The first-order chi connectivity index (χ1) is 10.1. The molecular formula is C12H13F4NO4S. The highest BCUT2D eigenvalue weighted by Gasteiger charge is 2.41. The van der Waals surface area contributed by atoms with Crippen molar-refractivity contribution < 1.29 is 35.8 Å². The highest BCUT2D eigenvalue weighted by atomic mass is 32.2. The minimum atomic E-state index is -4.91. The van der Waals surface area contributed by atoms with Crippen molar-refractivity contribution in [3.05, 3.63) is 29.3 Å². The third-order valence-electron chi connectivity index (χ3n) is 3.57. The summed E-state index contributed by atoms with van der Waals surface area (Å²) in [5, 5.41) is 10.1. The molecule has 0 saturated carbocycles. The van der Waals surface area contributed by atoms with Crippen LogP contribution in [-0.4, -0.2) is 38.4 Å². The first kappa shape index (κ1) is 17.1. The van der Waals surface area contributed by atoms with Crippen molar-refractivity contribution in [3.63, 3.8) is 0 Å². The van der Waals surface area contributed by atoms with E-state index in [1.807, 2.05) is 0 Å². The lowest BCUT2D eigenvalue weighted by atomic mass is 9.97. The fourth-order valence-corrected chi connectivity index (χ4v) is 3.33. The van der Waals surface area contributed by atoms with Gasteiger partial charge in [-0.1, -0.05) is 0 Å². The maximum atomic E-state index is 13.5. The Hall–Kier alpha value is -1.23. The second kappa shape index (κ2) is 5.76. The molecule has 1 fully saturated rings. The van der Waals surface area contributed by atoms with Gasteiger partial charge in [-0.3, -0.25) is 0 Å². The van der Waals surface area contributed by atoms with Gasteiger partial charge in [-0.2, -0.15) is 0 Å². The Morgan fingerprint density at radius 1 is 1.32 bits per heavy atom. The summed E-state index contributed by atoms with van der Waals surface area (Å²) in [6, 6.07) is -0.0931. The predicted octanol–water partition coefficient (Wildman–Crippen LogP) is 1.06. The Kier molecular flexibility index (Phi) is 4.49. The highest BCUT2D eigenvalue weighted by Crippen LogP contribution is 2.27. The molecule has 1 aromatic rings. The lowest BCUT2D eigenvalue weighted by Gasteiger charge is -2.26. The van der Waals surface area contributed by atoms with E-state index in [0.717, 1.165) is 0 Å². The highest BCUT2D eigenvalue weighted by molar-refractivity contribution is 7.89. The van der Waals surface area contributed by atoms with Gasteiger partial charge in [-0.25, -0.2) is 30.7 Å². The number of halogens is 4. The molecular weight excluding hydrogens is 330 g/mol. The van der Waals surface area contributed by atoms with Crippen LogP contribution in [0.25, 0.3) is 0 Å². The van der Waals surface area contributed by atoms with E-state index in [1.165, 1.54) is 6.92 Å². The monoisotopic (exact) mass is 343 g/mol. The molecule has 2 N–H and O–H groups in total. The van der Waals surface area contributed by atoms with Crippen molar-refractivity contribution in [2.24, 2.45) is 0 Å². The number of ether oxygens (including phenoxy) is 1. The Labute approximate surface area is 123 Å². The van der Waals surface area contributed by atoms with E-state index in [4.69, 9.17) is 4.74 Å². The average Bonchev–Trinajstić information content (AvgIpc) is 2.75. The van der Waals surface area contributed by atoms with Crippen LogP contribution >= 0.6 is 0 Å². The zero-order chi connectivity index (χ0) is 16.7. The van der Waals surface area contributed by atoms with E-state index < -0.39 is 56.4 Å². The normalized spacial score (nSPS) is 25.6. The van der Waals surface area contributed by atoms with Crippen LogP contribution in [0.15, 0.2) is 11.0 Å². The molecule has 0 bridgehead atoms. The average molecular weight is 343 g/mol. The smallest absolute Gasteiger partial charge is 0.246 e. The summed E-state index contributed by atoms with van der Waals surface area (Å²) < 4.78 is 83.9. The number of aliphatic hydroxyl groups is 1. The van der Waals surface area contributed by atoms with Gasteiger partial charge >= 0.3 is 0 Å². The fourth-order valence-electron chi connectivity index (χ4n) is 2.08. The maximum absolute atomic E-state index is 13.5. The zero-order valence-corrected chi connectivity index (χ0v) is 12.2. The largest absolute Gasteiger partial charge is 0.386 e. The minimum Gasteiger partial charge on any atom is -0.386 e. The first-order valence-corrected chi connectivity index (χ1v) is 7.73. The molecule has 1 aliphatic rings. The van der Waals surface area contributed by atoms with E-state index in [9.17, 15) is 31.1 Å². The van der Waals surface area contributed by atoms with Gasteiger partial charge in [0.1, 0.15) is 5.60 Å². The molecule has 0 aliphatic carbocycles. The summed E-state index contributed by atoms with van der Waals surface area (Å²) in [4.78, 5) is -1.76. The molecule has 0 spiro atoms. The Morgan fingerprint density at radius 3 is 2.32 bits per heavy atom. The van der Waals surface area contributed by atoms with Gasteiger partial charge in [0.15, 0.2) is 28.2 Å². The quantitative estimate of drug-likeness (QED) is 0.633. The van der Waals surface area contributed by atoms with Crippen LogP contribution < -0.4 is 4.72 Å². The van der Waals surface area contributed by atoms with Crippen molar-refractivity contribution in [1.29, 1.82) is 0 Å². The number of rotatable bonds is 4. The van der Waals surface area contributed by atoms with Gasteiger partial charge in [0.05, 0.1) is 6.10 Å². The third kappa shape index (κ3) is 2.96. The van der Waals surface area contributed by atoms with Crippen LogP contribution in [-0.2, 0) is 14.8 Å². The molecule has 0 unspecified atom stereocenters. The van der Waals surface area contributed by atoms with Crippen LogP contribution in [0.2, 0.25) is 0 Å². The number of hydrogen-bond donors (Lipinski definition) is 2. The zero-order valence-electron chi connectivity index (χ0n) is 11.4. The van der Waals surface area contributed by atoms with E-state index in [-0.39, 0.29) is 19.1 Å². The Bertz CT molecular complexity index is 671. The van der Waals surface area contributed by atoms with E-state index in [2.05, 4.69) is 0 Å². The predicted molar refractivity (Wildman–Crippen MR) is 66.4 cm³/mol. The molecule has 5 nitrogen and oxygen atoms in total. The van der Waals surface area contributed by atoms with Gasteiger partial charge in [0.25, 0.3) is 0 Å². The van der Waals surface area contributed by atoms with E-state index in [0.29, 0.717) is 0 Å². The SMILES string of the molecule is C[C@@H]1OCC[C@@]1(O)CNS(=O)(=O)c1c(F)c(F)cc(F)c1F. The molecule has 124 valence electrons. The van der Waals surface area contributed by atoms with E-state index >= 15 is 0 Å². The summed E-state index contributed by atoms with van der Waals surface area (Å²) in [5.41, 5.74) is -1.58. The van der Waals surface area contributed by atoms with Crippen molar-refractivity contribution >= 4 is 10.0 Å². The van der Waals surface area contributed by atoms with Gasteiger partial charge < -0.3 is 9.84 Å². The van der Waals surface area contributed by atoms with Crippen LogP contribution in [0.5, 0.6) is 0 Å². The summed E-state index contributed by atoms with van der Waals surface area (Å²) in [7, 11) is -4.91. The first-order valence-electron chi connectivity index (χ1n) is 6.25. The van der Waals surface area contributed by atoms with Crippen molar-refractivity contribution in [1.82, 2.24) is 4.72 Å². The third-order valence-corrected chi connectivity index (χ3v) is 4.99. The van der Waals surface area contributed by atoms with Gasteiger partial charge in [0, 0.05) is 25.6 Å². The van der Waals surface area contributed by atoms with Crippen molar-refractivity contribution in [2.45, 2.75) is 29.9 Å². The van der Waals surface area contributed by atoms with Crippen molar-refractivity contribution in [2.75, 3.05) is 13.2 Å². The topological polar surface area (TPSA) is 75.6 Å².